The summed E-state index contributed by atoms with van der Waals surface area (Å²) in [5.74, 6) is 0.358. The molecule has 36 heavy (non-hydrogen) atoms. The number of sulfone groups is 1. The standard InChI is InChI=1S/C24H32N4O6S2/c1-35(30,31)22-11-17(13-27-14-19-12-18(23(25)26)4-5-20(19)24(27)29)3-6-21(22)34-15-16-7-9-28(10-8-16)36(2,32)33/h3-6,11-12,16,24,29H,7-10,13-15H2,1-2H3,(H3,25,26). The van der Waals surface area contributed by atoms with Gasteiger partial charge in [-0.2, -0.15) is 0 Å². The van der Waals surface area contributed by atoms with Crippen molar-refractivity contribution in [3.8, 4) is 5.75 Å². The highest BCUT2D eigenvalue weighted by Crippen LogP contribution is 2.35. The molecule has 2 aromatic rings. The number of hydrogen-bond donors (Lipinski definition) is 3. The van der Waals surface area contributed by atoms with Crippen LogP contribution in [0.4, 0.5) is 0 Å². The first-order valence-electron chi connectivity index (χ1n) is 11.6. The van der Waals surface area contributed by atoms with E-state index in [4.69, 9.17) is 15.9 Å². The molecule has 1 atom stereocenters. The van der Waals surface area contributed by atoms with Crippen molar-refractivity contribution in [2.45, 2.75) is 37.1 Å². The van der Waals surface area contributed by atoms with Crippen molar-refractivity contribution in [3.05, 3.63) is 58.7 Å². The smallest absolute Gasteiger partial charge is 0.211 e. The second-order valence-electron chi connectivity index (χ2n) is 9.58. The molecule has 196 valence electrons. The minimum absolute atomic E-state index is 0.0416. The first kappa shape index (κ1) is 26.6. The van der Waals surface area contributed by atoms with Gasteiger partial charge in [0.05, 0.1) is 12.9 Å². The summed E-state index contributed by atoms with van der Waals surface area (Å²) in [6, 6.07) is 10.3. The Kier molecular flexibility index (Phi) is 7.45. The van der Waals surface area contributed by atoms with Crippen molar-refractivity contribution in [1.82, 2.24) is 9.21 Å². The van der Waals surface area contributed by atoms with Crippen LogP contribution >= 0.6 is 0 Å². The van der Waals surface area contributed by atoms with E-state index in [1.54, 1.807) is 36.4 Å². The van der Waals surface area contributed by atoms with Gasteiger partial charge in [-0.25, -0.2) is 21.1 Å². The Morgan fingerprint density at radius 2 is 1.81 bits per heavy atom. The number of fused-ring (bicyclic) bond motifs is 1. The van der Waals surface area contributed by atoms with E-state index in [1.807, 2.05) is 4.90 Å². The maximum Gasteiger partial charge on any atom is 0.211 e. The van der Waals surface area contributed by atoms with Gasteiger partial charge in [-0.1, -0.05) is 18.2 Å². The van der Waals surface area contributed by atoms with Crippen LogP contribution in [0.15, 0.2) is 41.3 Å². The lowest BCUT2D eigenvalue weighted by molar-refractivity contribution is 0.00764. The van der Waals surface area contributed by atoms with E-state index >= 15 is 0 Å². The van der Waals surface area contributed by atoms with Gasteiger partial charge < -0.3 is 15.6 Å². The molecule has 2 heterocycles. The Hall–Kier alpha value is -2.51. The van der Waals surface area contributed by atoms with Gasteiger partial charge in [0.15, 0.2) is 9.84 Å². The molecule has 10 nitrogen and oxygen atoms in total. The van der Waals surface area contributed by atoms with Crippen LogP contribution in [-0.4, -0.2) is 69.2 Å². The topological polar surface area (TPSA) is 154 Å². The molecule has 0 bridgehead atoms. The highest BCUT2D eigenvalue weighted by atomic mass is 32.2. The monoisotopic (exact) mass is 536 g/mol. The van der Waals surface area contributed by atoms with Gasteiger partial charge in [-0.15, -0.1) is 0 Å². The number of nitrogens with two attached hydrogens (primary N) is 1. The third kappa shape index (κ3) is 5.89. The zero-order valence-corrected chi connectivity index (χ0v) is 22.0. The molecule has 2 aliphatic heterocycles. The van der Waals surface area contributed by atoms with E-state index in [9.17, 15) is 21.9 Å². The molecule has 0 aromatic heterocycles. The van der Waals surface area contributed by atoms with Gasteiger partial charge >= 0.3 is 0 Å². The number of nitrogen functional groups attached to an aromatic ring is 1. The molecule has 0 amide bonds. The summed E-state index contributed by atoms with van der Waals surface area (Å²) in [5, 5.41) is 18.4. The Morgan fingerprint density at radius 1 is 1.11 bits per heavy atom. The number of ether oxygens (including phenoxy) is 1. The summed E-state index contributed by atoms with van der Waals surface area (Å²) >= 11 is 0. The molecule has 0 aliphatic carbocycles. The number of piperidine rings is 1. The summed E-state index contributed by atoms with van der Waals surface area (Å²) in [6.07, 6.45) is 2.78. The fourth-order valence-corrected chi connectivity index (χ4v) is 6.45. The molecular formula is C24H32N4O6S2. The summed E-state index contributed by atoms with van der Waals surface area (Å²) in [5.41, 5.74) is 8.50. The number of nitrogens with zero attached hydrogens (tertiary/aromatic N) is 2. The average Bonchev–Trinajstić information content (AvgIpc) is 3.11. The van der Waals surface area contributed by atoms with Gasteiger partial charge in [0, 0.05) is 38.0 Å². The van der Waals surface area contributed by atoms with Crippen molar-refractivity contribution in [2.24, 2.45) is 11.7 Å². The highest BCUT2D eigenvalue weighted by molar-refractivity contribution is 7.90. The van der Waals surface area contributed by atoms with Gasteiger partial charge in [0.2, 0.25) is 10.0 Å². The largest absolute Gasteiger partial charge is 0.492 e. The number of aliphatic hydroxyl groups excluding tert-OH is 1. The quantitative estimate of drug-likeness (QED) is 0.338. The predicted octanol–water partition coefficient (Wildman–Crippen LogP) is 1.43. The minimum atomic E-state index is -3.58. The Balaban J connectivity index is 1.45. The molecule has 4 N–H and O–H groups in total. The summed E-state index contributed by atoms with van der Waals surface area (Å²) in [4.78, 5) is 1.89. The molecular weight excluding hydrogens is 504 g/mol. The third-order valence-corrected chi connectivity index (χ3v) is 9.18. The molecule has 1 unspecified atom stereocenters. The molecule has 0 spiro atoms. The second-order valence-corrected chi connectivity index (χ2v) is 13.5. The van der Waals surface area contributed by atoms with E-state index in [2.05, 4.69) is 0 Å². The predicted molar refractivity (Wildman–Crippen MR) is 136 cm³/mol. The lowest BCUT2D eigenvalue weighted by Gasteiger charge is -2.30. The number of hydrogen-bond acceptors (Lipinski definition) is 8. The van der Waals surface area contributed by atoms with Crippen LogP contribution in [0.1, 0.15) is 41.3 Å². The zero-order chi connectivity index (χ0) is 26.3. The van der Waals surface area contributed by atoms with E-state index in [0.717, 1.165) is 17.4 Å². The Bertz CT molecular complexity index is 1370. The summed E-state index contributed by atoms with van der Waals surface area (Å²) in [7, 11) is -6.79. The van der Waals surface area contributed by atoms with Crippen LogP contribution < -0.4 is 10.5 Å². The molecule has 2 aromatic carbocycles. The molecule has 1 saturated heterocycles. The number of nitrogens with one attached hydrogen (secondary N) is 1. The Morgan fingerprint density at radius 3 is 2.42 bits per heavy atom. The zero-order valence-electron chi connectivity index (χ0n) is 20.3. The number of rotatable bonds is 8. The SMILES string of the molecule is CS(=O)(=O)c1cc(CN2Cc3cc(C(=N)N)ccc3C2O)ccc1OCC1CCN(S(C)(=O)=O)CC1. The maximum atomic E-state index is 12.5. The molecule has 0 saturated carbocycles. The highest BCUT2D eigenvalue weighted by Gasteiger charge is 2.30. The molecule has 1 fully saturated rings. The van der Waals surface area contributed by atoms with Crippen LogP contribution in [0.2, 0.25) is 0 Å². The van der Waals surface area contributed by atoms with Gasteiger partial charge in [-0.05, 0) is 53.6 Å². The average molecular weight is 537 g/mol. The molecule has 12 heteroatoms. The first-order chi connectivity index (χ1) is 16.8. The molecule has 2 aliphatic rings. The van der Waals surface area contributed by atoms with Crippen molar-refractivity contribution >= 4 is 25.7 Å². The van der Waals surface area contributed by atoms with Crippen molar-refractivity contribution < 1.29 is 26.7 Å². The van der Waals surface area contributed by atoms with Gasteiger partial charge in [0.25, 0.3) is 0 Å². The fourth-order valence-electron chi connectivity index (χ4n) is 4.72. The number of aliphatic hydroxyl groups is 1. The van der Waals surface area contributed by atoms with Crippen molar-refractivity contribution in [1.29, 1.82) is 5.41 Å². The van der Waals surface area contributed by atoms with Crippen LogP contribution in [0.25, 0.3) is 0 Å². The maximum absolute atomic E-state index is 12.5. The minimum Gasteiger partial charge on any atom is -0.492 e. The normalized spacial score (nSPS) is 19.8. The van der Waals surface area contributed by atoms with E-state index in [1.165, 1.54) is 10.6 Å². The van der Waals surface area contributed by atoms with Crippen LogP contribution in [0, 0.1) is 11.3 Å². The van der Waals surface area contributed by atoms with E-state index < -0.39 is 26.1 Å². The van der Waals surface area contributed by atoms with Crippen LogP contribution in [0.3, 0.4) is 0 Å². The van der Waals surface area contributed by atoms with E-state index in [-0.39, 0.29) is 22.4 Å². The summed E-state index contributed by atoms with van der Waals surface area (Å²) < 4.78 is 55.9. The number of amidine groups is 1. The number of sulfonamides is 1. The third-order valence-electron chi connectivity index (χ3n) is 6.76. The van der Waals surface area contributed by atoms with Gasteiger partial charge in [0.1, 0.15) is 22.7 Å². The van der Waals surface area contributed by atoms with Crippen molar-refractivity contribution in [3.63, 3.8) is 0 Å². The number of benzene rings is 2. The lowest BCUT2D eigenvalue weighted by Crippen LogP contribution is -2.39. The van der Waals surface area contributed by atoms with Crippen LogP contribution in [-0.2, 0) is 33.0 Å². The second kappa shape index (κ2) is 10.1. The molecule has 0 radical (unpaired) electrons. The van der Waals surface area contributed by atoms with Crippen LogP contribution in [0.5, 0.6) is 5.75 Å². The Labute approximate surface area is 212 Å². The van der Waals surface area contributed by atoms with Crippen molar-refractivity contribution in [2.75, 3.05) is 32.2 Å². The summed E-state index contributed by atoms with van der Waals surface area (Å²) in [6.45, 7) is 1.92. The first-order valence-corrected chi connectivity index (χ1v) is 15.4. The lowest BCUT2D eigenvalue weighted by atomic mass is 9.99. The fraction of sp³-hybridized carbons (Fsp3) is 0.458. The van der Waals surface area contributed by atoms with E-state index in [0.29, 0.717) is 56.8 Å². The van der Waals surface area contributed by atoms with Gasteiger partial charge in [-0.3, -0.25) is 10.3 Å². The molecule has 4 rings (SSSR count).